The van der Waals surface area contributed by atoms with Crippen molar-refractivity contribution >= 4 is 31.6 Å². The lowest BCUT2D eigenvalue weighted by atomic mass is 9.84. The molecule has 1 saturated heterocycles. The fraction of sp³-hybridized carbons (Fsp3) is 0.333. The fourth-order valence-corrected chi connectivity index (χ4v) is 6.05. The Kier molecular flexibility index (Phi) is 4.35. The lowest BCUT2D eigenvalue weighted by Gasteiger charge is -2.38. The standard InChI is InChI=1S/C18H19BrN2O3S/c19-12-6-7-16-15(10-12)18-14(17(11-22)20-16)8-9-21(18)25(23,24)13-4-2-1-3-5-13/h1-7,10,14,17-18,20,22H,8-9,11H2/t14-,17-,18-/m1/s1. The van der Waals surface area contributed by atoms with Gasteiger partial charge >= 0.3 is 0 Å². The van der Waals surface area contributed by atoms with E-state index in [9.17, 15) is 13.5 Å². The minimum atomic E-state index is -3.59. The third kappa shape index (κ3) is 2.79. The van der Waals surface area contributed by atoms with Gasteiger partial charge in [0.1, 0.15) is 0 Å². The monoisotopic (exact) mass is 422 g/mol. The molecule has 0 aliphatic carbocycles. The van der Waals surface area contributed by atoms with Crippen LogP contribution in [0.4, 0.5) is 5.69 Å². The first-order chi connectivity index (χ1) is 12.0. The summed E-state index contributed by atoms with van der Waals surface area (Å²) in [6.07, 6.45) is 0.723. The molecule has 4 rings (SSSR count). The molecule has 0 aromatic heterocycles. The van der Waals surface area contributed by atoms with Gasteiger partial charge < -0.3 is 10.4 Å². The zero-order valence-corrected chi connectivity index (χ0v) is 15.9. The molecule has 0 unspecified atom stereocenters. The third-order valence-electron chi connectivity index (χ3n) is 5.14. The van der Waals surface area contributed by atoms with Gasteiger partial charge in [0.15, 0.2) is 0 Å². The van der Waals surface area contributed by atoms with Crippen LogP contribution in [-0.4, -0.2) is 37.0 Å². The van der Waals surface area contributed by atoms with Crippen LogP contribution in [0.25, 0.3) is 0 Å². The highest BCUT2D eigenvalue weighted by atomic mass is 79.9. The SMILES string of the molecule is O=S(=O)(c1ccccc1)N1CC[C@@H]2[C@@H](CO)Nc3ccc(Br)cc3[C@@H]21. The molecular weight excluding hydrogens is 404 g/mol. The Morgan fingerprint density at radius 3 is 2.68 bits per heavy atom. The van der Waals surface area contributed by atoms with Crippen LogP contribution >= 0.6 is 15.9 Å². The summed E-state index contributed by atoms with van der Waals surface area (Å²) in [7, 11) is -3.59. The van der Waals surface area contributed by atoms with Crippen LogP contribution in [-0.2, 0) is 10.0 Å². The van der Waals surface area contributed by atoms with Gasteiger partial charge in [-0.05, 0) is 42.3 Å². The molecule has 3 atom stereocenters. The number of fused-ring (bicyclic) bond motifs is 3. The second-order valence-corrected chi connectivity index (χ2v) is 9.30. The van der Waals surface area contributed by atoms with Crippen molar-refractivity contribution in [1.82, 2.24) is 4.31 Å². The fourth-order valence-electron chi connectivity index (χ4n) is 3.99. The molecule has 0 spiro atoms. The van der Waals surface area contributed by atoms with Gasteiger partial charge in [0.05, 0.1) is 23.6 Å². The number of halogens is 1. The normalized spacial score (nSPS) is 25.9. The molecule has 2 aliphatic rings. The van der Waals surface area contributed by atoms with Gasteiger partial charge in [0.25, 0.3) is 0 Å². The molecule has 0 amide bonds. The van der Waals surface area contributed by atoms with Gasteiger partial charge in [0, 0.05) is 22.6 Å². The van der Waals surface area contributed by atoms with E-state index in [1.165, 1.54) is 0 Å². The molecule has 2 aromatic carbocycles. The molecule has 2 aromatic rings. The van der Waals surface area contributed by atoms with Crippen molar-refractivity contribution in [3.63, 3.8) is 0 Å². The van der Waals surface area contributed by atoms with Crippen molar-refractivity contribution in [3.05, 3.63) is 58.6 Å². The first-order valence-electron chi connectivity index (χ1n) is 8.26. The number of aliphatic hydroxyl groups is 1. The quantitative estimate of drug-likeness (QED) is 0.797. The van der Waals surface area contributed by atoms with Gasteiger partial charge in [-0.3, -0.25) is 0 Å². The molecule has 0 radical (unpaired) electrons. The van der Waals surface area contributed by atoms with Crippen molar-refractivity contribution in [2.45, 2.75) is 23.4 Å². The lowest BCUT2D eigenvalue weighted by molar-refractivity contribution is 0.210. The lowest BCUT2D eigenvalue weighted by Crippen LogP contribution is -2.42. The summed E-state index contributed by atoms with van der Waals surface area (Å²) < 4.78 is 28.9. The summed E-state index contributed by atoms with van der Waals surface area (Å²) in [5.74, 6) is 0.0466. The number of aliphatic hydroxyl groups excluding tert-OH is 1. The number of nitrogens with one attached hydrogen (secondary N) is 1. The Morgan fingerprint density at radius 1 is 1.20 bits per heavy atom. The van der Waals surface area contributed by atoms with E-state index in [0.29, 0.717) is 11.4 Å². The van der Waals surface area contributed by atoms with Crippen molar-refractivity contribution in [2.75, 3.05) is 18.5 Å². The molecule has 2 N–H and O–H groups in total. The van der Waals surface area contributed by atoms with E-state index in [4.69, 9.17) is 0 Å². The molecule has 132 valence electrons. The summed E-state index contributed by atoms with van der Waals surface area (Å²) in [6.45, 7) is 0.437. The predicted octanol–water partition coefficient (Wildman–Crippen LogP) is 2.99. The first-order valence-corrected chi connectivity index (χ1v) is 10.5. The Hall–Kier alpha value is -1.41. The summed E-state index contributed by atoms with van der Waals surface area (Å²) in [5, 5.41) is 13.1. The van der Waals surface area contributed by atoms with Crippen molar-refractivity contribution in [1.29, 1.82) is 0 Å². The van der Waals surface area contributed by atoms with E-state index in [2.05, 4.69) is 21.2 Å². The van der Waals surface area contributed by atoms with E-state index < -0.39 is 10.0 Å². The number of sulfonamides is 1. The molecule has 2 aliphatic heterocycles. The van der Waals surface area contributed by atoms with Gasteiger partial charge in [-0.1, -0.05) is 34.1 Å². The van der Waals surface area contributed by atoms with Crippen LogP contribution in [0.5, 0.6) is 0 Å². The molecule has 2 heterocycles. The topological polar surface area (TPSA) is 69.6 Å². The van der Waals surface area contributed by atoms with Crippen LogP contribution in [0, 0.1) is 5.92 Å². The molecule has 0 saturated carbocycles. The number of nitrogens with zero attached hydrogens (tertiary/aromatic N) is 1. The number of anilines is 1. The highest BCUT2D eigenvalue weighted by Gasteiger charge is 2.48. The number of hydrogen-bond acceptors (Lipinski definition) is 4. The Labute approximate surface area is 155 Å². The third-order valence-corrected chi connectivity index (χ3v) is 7.52. The van der Waals surface area contributed by atoms with E-state index in [1.807, 2.05) is 24.3 Å². The van der Waals surface area contributed by atoms with Crippen LogP contribution in [0.15, 0.2) is 57.9 Å². The maximum Gasteiger partial charge on any atom is 0.243 e. The summed E-state index contributed by atoms with van der Waals surface area (Å²) in [5.41, 5.74) is 1.85. The average Bonchev–Trinajstić information content (AvgIpc) is 3.08. The molecule has 1 fully saturated rings. The minimum Gasteiger partial charge on any atom is -0.394 e. The van der Waals surface area contributed by atoms with Crippen molar-refractivity contribution < 1.29 is 13.5 Å². The van der Waals surface area contributed by atoms with Crippen LogP contribution in [0.1, 0.15) is 18.0 Å². The Balaban J connectivity index is 1.82. The smallest absolute Gasteiger partial charge is 0.243 e. The Bertz CT molecular complexity index is 888. The molecule has 7 heteroatoms. The zero-order valence-electron chi connectivity index (χ0n) is 13.5. The summed E-state index contributed by atoms with van der Waals surface area (Å²) >= 11 is 3.49. The summed E-state index contributed by atoms with van der Waals surface area (Å²) in [6, 6.07) is 14.0. The minimum absolute atomic E-state index is 0.0180. The van der Waals surface area contributed by atoms with Gasteiger partial charge in [0.2, 0.25) is 10.0 Å². The number of hydrogen-bond donors (Lipinski definition) is 2. The van der Waals surface area contributed by atoms with E-state index in [-0.39, 0.29) is 24.6 Å². The van der Waals surface area contributed by atoms with E-state index in [0.717, 1.165) is 22.1 Å². The van der Waals surface area contributed by atoms with Gasteiger partial charge in [-0.2, -0.15) is 4.31 Å². The van der Waals surface area contributed by atoms with Gasteiger partial charge in [-0.25, -0.2) is 8.42 Å². The number of rotatable bonds is 3. The Morgan fingerprint density at radius 2 is 1.96 bits per heavy atom. The van der Waals surface area contributed by atoms with Crippen LogP contribution < -0.4 is 5.32 Å². The molecule has 5 nitrogen and oxygen atoms in total. The number of benzene rings is 2. The highest BCUT2D eigenvalue weighted by Crippen LogP contribution is 2.48. The van der Waals surface area contributed by atoms with Crippen LogP contribution in [0.3, 0.4) is 0 Å². The highest BCUT2D eigenvalue weighted by molar-refractivity contribution is 9.10. The first kappa shape index (κ1) is 17.0. The maximum absolute atomic E-state index is 13.2. The van der Waals surface area contributed by atoms with E-state index in [1.54, 1.807) is 28.6 Å². The maximum atomic E-state index is 13.2. The average molecular weight is 423 g/mol. The van der Waals surface area contributed by atoms with Crippen molar-refractivity contribution in [2.24, 2.45) is 5.92 Å². The second kappa shape index (κ2) is 6.39. The van der Waals surface area contributed by atoms with Gasteiger partial charge in [-0.15, -0.1) is 0 Å². The molecular formula is C18H19BrN2O3S. The largest absolute Gasteiger partial charge is 0.394 e. The predicted molar refractivity (Wildman–Crippen MR) is 99.8 cm³/mol. The second-order valence-electron chi connectivity index (χ2n) is 6.49. The molecule has 25 heavy (non-hydrogen) atoms. The summed E-state index contributed by atoms with van der Waals surface area (Å²) in [4.78, 5) is 0.311. The van der Waals surface area contributed by atoms with Crippen molar-refractivity contribution in [3.8, 4) is 0 Å². The molecule has 0 bridgehead atoms. The van der Waals surface area contributed by atoms with Crippen LogP contribution in [0.2, 0.25) is 0 Å². The van der Waals surface area contributed by atoms with E-state index >= 15 is 0 Å². The zero-order chi connectivity index (χ0) is 17.6.